The summed E-state index contributed by atoms with van der Waals surface area (Å²) in [5.41, 5.74) is 1.54. The molecule has 0 saturated heterocycles. The van der Waals surface area contributed by atoms with E-state index in [0.29, 0.717) is 16.9 Å². The normalized spacial score (nSPS) is 31.9. The van der Waals surface area contributed by atoms with Crippen LogP contribution in [-0.4, -0.2) is 38.6 Å². The van der Waals surface area contributed by atoms with Gasteiger partial charge in [0.25, 0.3) is 5.91 Å². The zero-order valence-corrected chi connectivity index (χ0v) is 20.6. The van der Waals surface area contributed by atoms with Gasteiger partial charge in [0.15, 0.2) is 5.13 Å². The van der Waals surface area contributed by atoms with Gasteiger partial charge in [-0.1, -0.05) is 20.8 Å². The van der Waals surface area contributed by atoms with Crippen molar-refractivity contribution in [3.05, 3.63) is 34.6 Å². The van der Waals surface area contributed by atoms with E-state index in [0.717, 1.165) is 37.8 Å². The second-order valence-electron chi connectivity index (χ2n) is 10.7. The summed E-state index contributed by atoms with van der Waals surface area (Å²) in [4.78, 5) is 31.4. The zero-order valence-electron chi connectivity index (χ0n) is 19.8. The van der Waals surface area contributed by atoms with Crippen molar-refractivity contribution in [2.75, 3.05) is 5.32 Å². The Balaban J connectivity index is 1.35. The van der Waals surface area contributed by atoms with Crippen molar-refractivity contribution in [2.45, 2.75) is 70.9 Å². The number of amides is 2. The quantitative estimate of drug-likeness (QED) is 0.621. The molecule has 7 nitrogen and oxygen atoms in total. The molecule has 2 saturated carbocycles. The molecule has 2 fully saturated rings. The number of carbonyl (C=O) groups is 2. The smallest absolute Gasteiger partial charge is 0.274 e. The summed E-state index contributed by atoms with van der Waals surface area (Å²) < 4.78 is 1.79. The van der Waals surface area contributed by atoms with Crippen LogP contribution >= 0.6 is 11.3 Å². The molecule has 0 bridgehead atoms. The molecule has 2 heterocycles. The summed E-state index contributed by atoms with van der Waals surface area (Å²) in [5, 5.41) is 18.2. The van der Waals surface area contributed by atoms with E-state index in [4.69, 9.17) is 4.98 Å². The summed E-state index contributed by atoms with van der Waals surface area (Å²) in [6.07, 6.45) is 6.12. The Morgan fingerprint density at radius 3 is 2.76 bits per heavy atom. The molecule has 3 aliphatic rings. The third kappa shape index (κ3) is 4.01. The maximum atomic E-state index is 12.7. The van der Waals surface area contributed by atoms with Gasteiger partial charge in [0, 0.05) is 36.0 Å². The van der Waals surface area contributed by atoms with Crippen LogP contribution in [-0.2, 0) is 18.3 Å². The van der Waals surface area contributed by atoms with Crippen LogP contribution < -0.4 is 10.6 Å². The Morgan fingerprint density at radius 2 is 2.09 bits per heavy atom. The standard InChI is InChI=1S/C25H34N4O3S/c1-13(22(31)26-15-7-8-15)16-9-10-25(3)12-18-20(14(2)19(25)21(16)30)27-24(33-18)28-23(32)17-6-5-11-29(17)4/h5-6,11,13-16,19,21,30H,7-10,12H2,1-4H3,(H,26,31)(H,27,28,32)/t13-,14-,16+,19+,21-,25+/m0/s1. The molecule has 33 heavy (non-hydrogen) atoms. The molecule has 2 aromatic rings. The molecule has 2 aromatic heterocycles. The second-order valence-corrected chi connectivity index (χ2v) is 11.8. The summed E-state index contributed by atoms with van der Waals surface area (Å²) in [6, 6.07) is 3.97. The van der Waals surface area contributed by atoms with Gasteiger partial charge in [-0.25, -0.2) is 4.98 Å². The summed E-state index contributed by atoms with van der Waals surface area (Å²) >= 11 is 1.55. The molecule has 6 atom stereocenters. The van der Waals surface area contributed by atoms with E-state index in [2.05, 4.69) is 24.5 Å². The van der Waals surface area contributed by atoms with E-state index >= 15 is 0 Å². The topological polar surface area (TPSA) is 96.3 Å². The number of rotatable bonds is 5. The van der Waals surface area contributed by atoms with E-state index in [1.807, 2.05) is 26.2 Å². The number of nitrogens with zero attached hydrogens (tertiary/aromatic N) is 2. The molecular formula is C25H34N4O3S. The first-order valence-corrected chi connectivity index (χ1v) is 12.9. The van der Waals surface area contributed by atoms with Gasteiger partial charge < -0.3 is 15.0 Å². The van der Waals surface area contributed by atoms with Crippen molar-refractivity contribution in [3.63, 3.8) is 0 Å². The third-order valence-electron chi connectivity index (χ3n) is 8.30. The summed E-state index contributed by atoms with van der Waals surface area (Å²) in [6.45, 7) is 6.38. The van der Waals surface area contributed by atoms with Crippen LogP contribution in [0.15, 0.2) is 18.3 Å². The number of aryl methyl sites for hydroxylation is 1. The van der Waals surface area contributed by atoms with Crippen molar-refractivity contribution >= 4 is 28.3 Å². The molecule has 8 heteroatoms. The van der Waals surface area contributed by atoms with Crippen LogP contribution in [0.5, 0.6) is 0 Å². The maximum Gasteiger partial charge on any atom is 0.274 e. The van der Waals surface area contributed by atoms with Crippen molar-refractivity contribution in [1.82, 2.24) is 14.9 Å². The van der Waals surface area contributed by atoms with E-state index in [9.17, 15) is 14.7 Å². The van der Waals surface area contributed by atoms with Gasteiger partial charge in [-0.05, 0) is 61.5 Å². The number of anilines is 1. The number of nitrogens with one attached hydrogen (secondary N) is 2. The van der Waals surface area contributed by atoms with Gasteiger partial charge in [0.1, 0.15) is 5.69 Å². The first-order chi connectivity index (χ1) is 15.7. The van der Waals surface area contributed by atoms with Gasteiger partial charge >= 0.3 is 0 Å². The van der Waals surface area contributed by atoms with E-state index in [1.165, 1.54) is 4.88 Å². The fraction of sp³-hybridized carbons (Fsp3) is 0.640. The molecule has 2 amide bonds. The minimum Gasteiger partial charge on any atom is -0.392 e. The van der Waals surface area contributed by atoms with Gasteiger partial charge in [-0.3, -0.25) is 14.9 Å². The Morgan fingerprint density at radius 1 is 1.33 bits per heavy atom. The summed E-state index contributed by atoms with van der Waals surface area (Å²) in [5.74, 6) is -0.227. The number of aromatic nitrogens is 2. The monoisotopic (exact) mass is 470 g/mol. The predicted molar refractivity (Wildman–Crippen MR) is 128 cm³/mol. The number of carbonyl (C=O) groups excluding carboxylic acids is 2. The molecule has 0 unspecified atom stereocenters. The minimum atomic E-state index is -0.546. The largest absolute Gasteiger partial charge is 0.392 e. The predicted octanol–water partition coefficient (Wildman–Crippen LogP) is 3.70. The van der Waals surface area contributed by atoms with Crippen molar-refractivity contribution in [3.8, 4) is 0 Å². The highest BCUT2D eigenvalue weighted by molar-refractivity contribution is 7.15. The molecular weight excluding hydrogens is 436 g/mol. The Hall–Kier alpha value is -2.19. The van der Waals surface area contributed by atoms with Crippen LogP contribution in [0.1, 0.15) is 73.4 Å². The SMILES string of the molecule is C[C@H](C(=O)NC1CC1)[C@H]1CC[C@]2(C)Cc3sc(NC(=O)c4cccn4C)nc3[C@@H](C)[C@@H]2[C@H]1O. The fourth-order valence-electron chi connectivity index (χ4n) is 6.21. The number of hydrogen-bond acceptors (Lipinski definition) is 5. The molecule has 5 rings (SSSR count). The average molecular weight is 471 g/mol. The molecule has 3 aliphatic carbocycles. The van der Waals surface area contributed by atoms with E-state index in [-0.39, 0.29) is 40.9 Å². The number of thiazole rings is 1. The van der Waals surface area contributed by atoms with Gasteiger partial charge in [0.05, 0.1) is 11.8 Å². The number of aliphatic hydroxyl groups is 1. The van der Waals surface area contributed by atoms with Crippen LogP contribution in [0.25, 0.3) is 0 Å². The number of fused-ring (bicyclic) bond motifs is 2. The first-order valence-electron chi connectivity index (χ1n) is 12.1. The zero-order chi connectivity index (χ0) is 23.5. The lowest BCUT2D eigenvalue weighted by Crippen LogP contribution is -2.53. The lowest BCUT2D eigenvalue weighted by molar-refractivity contribution is -0.134. The van der Waals surface area contributed by atoms with E-state index < -0.39 is 6.10 Å². The number of aliphatic hydroxyl groups excluding tert-OH is 1. The van der Waals surface area contributed by atoms with Crippen LogP contribution in [0.4, 0.5) is 5.13 Å². The first kappa shape index (κ1) is 22.6. The third-order valence-corrected chi connectivity index (χ3v) is 9.29. The minimum absolute atomic E-state index is 0.0402. The molecule has 0 aromatic carbocycles. The molecule has 178 valence electrons. The molecule has 0 spiro atoms. The highest BCUT2D eigenvalue weighted by atomic mass is 32.1. The fourth-order valence-corrected chi connectivity index (χ4v) is 7.47. The summed E-state index contributed by atoms with van der Waals surface area (Å²) in [7, 11) is 1.85. The Bertz CT molecular complexity index is 1070. The lowest BCUT2D eigenvalue weighted by Gasteiger charge is -2.53. The highest BCUT2D eigenvalue weighted by Crippen LogP contribution is 2.57. The van der Waals surface area contributed by atoms with Crippen molar-refractivity contribution < 1.29 is 14.7 Å². The van der Waals surface area contributed by atoms with Gasteiger partial charge in [-0.2, -0.15) is 0 Å². The van der Waals surface area contributed by atoms with Gasteiger partial charge in [-0.15, -0.1) is 11.3 Å². The Kier molecular flexibility index (Phi) is 5.64. The van der Waals surface area contributed by atoms with E-state index in [1.54, 1.807) is 22.0 Å². The van der Waals surface area contributed by atoms with Crippen LogP contribution in [0.3, 0.4) is 0 Å². The van der Waals surface area contributed by atoms with Crippen molar-refractivity contribution in [2.24, 2.45) is 30.2 Å². The van der Waals surface area contributed by atoms with Crippen LogP contribution in [0, 0.1) is 23.2 Å². The average Bonchev–Trinajstić information content (AvgIpc) is 3.31. The molecule has 3 N–H and O–H groups in total. The second kappa shape index (κ2) is 8.24. The molecule has 0 radical (unpaired) electrons. The van der Waals surface area contributed by atoms with Crippen molar-refractivity contribution in [1.29, 1.82) is 0 Å². The van der Waals surface area contributed by atoms with Gasteiger partial charge in [0.2, 0.25) is 5.91 Å². The number of hydrogen-bond donors (Lipinski definition) is 3. The van der Waals surface area contributed by atoms with Crippen LogP contribution in [0.2, 0.25) is 0 Å². The lowest BCUT2D eigenvalue weighted by atomic mass is 9.53. The molecule has 0 aliphatic heterocycles. The maximum absolute atomic E-state index is 12.7. The Labute approximate surface area is 199 Å². The highest BCUT2D eigenvalue weighted by Gasteiger charge is 2.54.